The van der Waals surface area contributed by atoms with Crippen LogP contribution in [0.2, 0.25) is 0 Å². The predicted molar refractivity (Wildman–Crippen MR) is 79.6 cm³/mol. The Morgan fingerprint density at radius 2 is 2.16 bits per heavy atom. The van der Waals surface area contributed by atoms with Crippen LogP contribution in [-0.4, -0.2) is 50.5 Å². The Bertz CT molecular complexity index is 363. The van der Waals surface area contributed by atoms with E-state index < -0.39 is 5.60 Å². The molecule has 1 aromatic carbocycles. The van der Waals surface area contributed by atoms with E-state index in [0.29, 0.717) is 13.1 Å². The normalized spacial score (nSPS) is 23.3. The minimum Gasteiger partial charge on any atom is -0.387 e. The molecule has 0 unspecified atom stereocenters. The topological polar surface area (TPSA) is 47.5 Å². The van der Waals surface area contributed by atoms with Gasteiger partial charge in [0, 0.05) is 38.9 Å². The Hall–Kier alpha value is -1.10. The van der Waals surface area contributed by atoms with Crippen molar-refractivity contribution in [1.29, 1.82) is 0 Å². The van der Waals surface area contributed by atoms with Crippen molar-refractivity contribution in [3.05, 3.63) is 30.3 Å². The highest BCUT2D eigenvalue weighted by Gasteiger charge is 2.28. The molecule has 0 radical (unpaired) electrons. The van der Waals surface area contributed by atoms with Crippen LogP contribution in [-0.2, 0) is 0 Å². The van der Waals surface area contributed by atoms with Crippen LogP contribution in [0, 0.1) is 0 Å². The number of rotatable bonds is 6. The highest BCUT2D eigenvalue weighted by molar-refractivity contribution is 5.44. The smallest absolute Gasteiger partial charge is 0.0895 e. The number of aliphatic hydroxyl groups is 1. The third-order valence-corrected chi connectivity index (χ3v) is 3.72. The van der Waals surface area contributed by atoms with Crippen LogP contribution in [0.3, 0.4) is 0 Å². The van der Waals surface area contributed by atoms with E-state index in [1.165, 1.54) is 5.69 Å². The lowest BCUT2D eigenvalue weighted by Gasteiger charge is -2.33. The summed E-state index contributed by atoms with van der Waals surface area (Å²) in [5.41, 5.74) is 0.658. The molecule has 4 heteroatoms. The molecule has 1 heterocycles. The first-order chi connectivity index (χ1) is 9.20. The highest BCUT2D eigenvalue weighted by atomic mass is 16.3. The molecule has 106 valence electrons. The minimum atomic E-state index is -0.566. The monoisotopic (exact) mass is 263 g/mol. The van der Waals surface area contributed by atoms with Crippen molar-refractivity contribution in [3.63, 3.8) is 0 Å². The van der Waals surface area contributed by atoms with Crippen LogP contribution >= 0.6 is 0 Å². The second kappa shape index (κ2) is 6.89. The maximum Gasteiger partial charge on any atom is 0.0895 e. The van der Waals surface area contributed by atoms with Crippen molar-refractivity contribution < 1.29 is 5.11 Å². The quantitative estimate of drug-likeness (QED) is 0.665. The third kappa shape index (κ3) is 4.49. The molecule has 0 spiro atoms. The molecule has 0 saturated carbocycles. The number of hydrogen-bond acceptors (Lipinski definition) is 4. The van der Waals surface area contributed by atoms with Gasteiger partial charge in [0.1, 0.15) is 0 Å². The van der Waals surface area contributed by atoms with Crippen LogP contribution in [0.5, 0.6) is 0 Å². The SMILES string of the molecule is CN(CCNC[C@]1(O)CCCNC1)c1ccccc1. The van der Waals surface area contributed by atoms with E-state index in [2.05, 4.69) is 46.8 Å². The lowest BCUT2D eigenvalue weighted by molar-refractivity contribution is 0.0175. The van der Waals surface area contributed by atoms with Gasteiger partial charge in [-0.2, -0.15) is 0 Å². The number of β-amino-alcohol motifs (C(OH)–C–C–N with tert-alkyl or cyclic N) is 1. The molecule has 0 bridgehead atoms. The summed E-state index contributed by atoms with van der Waals surface area (Å²) < 4.78 is 0. The third-order valence-electron chi connectivity index (χ3n) is 3.72. The van der Waals surface area contributed by atoms with Crippen molar-refractivity contribution in [2.75, 3.05) is 44.7 Å². The number of hydrogen-bond donors (Lipinski definition) is 3. The summed E-state index contributed by atoms with van der Waals surface area (Å²) in [5.74, 6) is 0. The Morgan fingerprint density at radius 1 is 1.37 bits per heavy atom. The average molecular weight is 263 g/mol. The van der Waals surface area contributed by atoms with Gasteiger partial charge in [0.25, 0.3) is 0 Å². The molecule has 0 aliphatic carbocycles. The van der Waals surface area contributed by atoms with E-state index in [9.17, 15) is 5.11 Å². The Balaban J connectivity index is 1.66. The van der Waals surface area contributed by atoms with Gasteiger partial charge in [-0.3, -0.25) is 0 Å². The zero-order chi connectivity index (χ0) is 13.6. The molecule has 3 N–H and O–H groups in total. The summed E-state index contributed by atoms with van der Waals surface area (Å²) in [7, 11) is 2.09. The molecule has 1 atom stereocenters. The second-order valence-corrected chi connectivity index (χ2v) is 5.44. The summed E-state index contributed by atoms with van der Waals surface area (Å²) >= 11 is 0. The molecule has 0 amide bonds. The van der Waals surface area contributed by atoms with Crippen LogP contribution in [0.15, 0.2) is 30.3 Å². The minimum absolute atomic E-state index is 0.566. The zero-order valence-electron chi connectivity index (χ0n) is 11.7. The summed E-state index contributed by atoms with van der Waals surface area (Å²) in [6, 6.07) is 10.4. The van der Waals surface area contributed by atoms with Gasteiger partial charge in [0.2, 0.25) is 0 Å². The predicted octanol–water partition coefficient (Wildman–Crippen LogP) is 0.827. The molecule has 1 aromatic rings. The second-order valence-electron chi connectivity index (χ2n) is 5.44. The van der Waals surface area contributed by atoms with Crippen LogP contribution in [0.25, 0.3) is 0 Å². The average Bonchev–Trinajstić information content (AvgIpc) is 2.45. The summed E-state index contributed by atoms with van der Waals surface area (Å²) in [6.45, 7) is 4.22. The maximum absolute atomic E-state index is 10.3. The molecule has 1 saturated heterocycles. The summed E-state index contributed by atoms with van der Waals surface area (Å²) in [4.78, 5) is 2.22. The molecule has 0 aromatic heterocycles. The Morgan fingerprint density at radius 3 is 2.84 bits per heavy atom. The fourth-order valence-electron chi connectivity index (χ4n) is 2.48. The molecular weight excluding hydrogens is 238 g/mol. The van der Waals surface area contributed by atoms with Crippen LogP contribution in [0.4, 0.5) is 5.69 Å². The van der Waals surface area contributed by atoms with E-state index in [1.807, 2.05) is 6.07 Å². The van der Waals surface area contributed by atoms with Gasteiger partial charge in [0.05, 0.1) is 5.60 Å². The van der Waals surface area contributed by atoms with Crippen molar-refractivity contribution in [1.82, 2.24) is 10.6 Å². The largest absolute Gasteiger partial charge is 0.387 e. The number of benzene rings is 1. The number of piperidine rings is 1. The number of anilines is 1. The van der Waals surface area contributed by atoms with Crippen LogP contribution < -0.4 is 15.5 Å². The van der Waals surface area contributed by atoms with Gasteiger partial charge in [-0.1, -0.05) is 18.2 Å². The number of nitrogens with zero attached hydrogens (tertiary/aromatic N) is 1. The highest BCUT2D eigenvalue weighted by Crippen LogP contribution is 2.14. The molecule has 1 fully saturated rings. The van der Waals surface area contributed by atoms with Gasteiger partial charge in [-0.25, -0.2) is 0 Å². The van der Waals surface area contributed by atoms with E-state index in [0.717, 1.165) is 32.5 Å². The molecule has 4 nitrogen and oxygen atoms in total. The Labute approximate surface area is 115 Å². The fourth-order valence-corrected chi connectivity index (χ4v) is 2.48. The molecule has 1 aliphatic heterocycles. The number of likely N-dealkylation sites (N-methyl/N-ethyl adjacent to an activating group) is 1. The zero-order valence-corrected chi connectivity index (χ0v) is 11.7. The first kappa shape index (κ1) is 14.3. The van der Waals surface area contributed by atoms with Gasteiger partial charge in [-0.05, 0) is 31.5 Å². The van der Waals surface area contributed by atoms with E-state index in [1.54, 1.807) is 0 Å². The van der Waals surface area contributed by atoms with E-state index in [4.69, 9.17) is 0 Å². The van der Waals surface area contributed by atoms with Crippen molar-refractivity contribution in [2.45, 2.75) is 18.4 Å². The van der Waals surface area contributed by atoms with Crippen molar-refractivity contribution >= 4 is 5.69 Å². The summed E-state index contributed by atoms with van der Waals surface area (Å²) in [5, 5.41) is 16.9. The molecule has 19 heavy (non-hydrogen) atoms. The summed E-state index contributed by atoms with van der Waals surface area (Å²) in [6.07, 6.45) is 1.95. The van der Waals surface area contributed by atoms with Gasteiger partial charge >= 0.3 is 0 Å². The lowest BCUT2D eigenvalue weighted by atomic mass is 9.94. The first-order valence-electron chi connectivity index (χ1n) is 7.10. The van der Waals surface area contributed by atoms with Crippen molar-refractivity contribution in [3.8, 4) is 0 Å². The number of para-hydroxylation sites is 1. The van der Waals surface area contributed by atoms with E-state index >= 15 is 0 Å². The standard InChI is InChI=1S/C15H25N3O/c1-18(14-6-3-2-4-7-14)11-10-17-13-15(19)8-5-9-16-12-15/h2-4,6-7,16-17,19H,5,8-13H2,1H3/t15-/m0/s1. The maximum atomic E-state index is 10.3. The molecular formula is C15H25N3O. The van der Waals surface area contributed by atoms with Crippen LogP contribution in [0.1, 0.15) is 12.8 Å². The number of nitrogens with one attached hydrogen (secondary N) is 2. The molecule has 1 aliphatic rings. The molecule has 2 rings (SSSR count). The lowest BCUT2D eigenvalue weighted by Crippen LogP contribution is -2.52. The first-order valence-corrected chi connectivity index (χ1v) is 7.10. The fraction of sp³-hybridized carbons (Fsp3) is 0.600. The van der Waals surface area contributed by atoms with Gasteiger partial charge < -0.3 is 20.6 Å². The van der Waals surface area contributed by atoms with Crippen molar-refractivity contribution in [2.24, 2.45) is 0 Å². The van der Waals surface area contributed by atoms with Gasteiger partial charge in [0.15, 0.2) is 0 Å². The van der Waals surface area contributed by atoms with E-state index in [-0.39, 0.29) is 0 Å². The van der Waals surface area contributed by atoms with Gasteiger partial charge in [-0.15, -0.1) is 0 Å². The Kier molecular flexibility index (Phi) is 5.19.